The molecule has 5 aliphatic rings. The molecule has 8 rings (SSSR count). The van der Waals surface area contributed by atoms with Crippen molar-refractivity contribution in [1.82, 2.24) is 39.9 Å². The fourth-order valence-electron chi connectivity index (χ4n) is 9.23. The number of benzene rings is 2. The molecule has 5 fully saturated rings. The molecular formula is C41H49F2N9O4. The molecule has 3 aromatic rings. The molecule has 296 valence electrons. The first-order valence-corrected chi connectivity index (χ1v) is 19.4. The smallest absolute Gasteiger partial charge is 0.334 e. The molecule has 0 aliphatic carbocycles. The molecular weight excluding hydrogens is 721 g/mol. The fraction of sp³-hybridized carbons (Fsp3) is 0.463. The summed E-state index contributed by atoms with van der Waals surface area (Å²) < 4.78 is 30.6. The Balaban J connectivity index is 1.05. The number of likely N-dealkylation sites (tertiary alicyclic amines) is 2. The van der Waals surface area contributed by atoms with E-state index in [4.69, 9.17) is 4.98 Å². The number of phenols is 1. The Bertz CT molecular complexity index is 1980. The lowest BCUT2D eigenvalue weighted by Crippen LogP contribution is -2.76. The van der Waals surface area contributed by atoms with E-state index in [1.54, 1.807) is 17.2 Å². The molecule has 4 amide bonds. The normalized spacial score (nSPS) is 24.6. The Morgan fingerprint density at radius 3 is 2.46 bits per heavy atom. The highest BCUT2D eigenvalue weighted by atomic mass is 19.1. The number of amides is 4. The lowest BCUT2D eigenvalue weighted by Gasteiger charge is -2.55. The highest BCUT2D eigenvalue weighted by Gasteiger charge is 2.52. The van der Waals surface area contributed by atoms with E-state index in [1.807, 2.05) is 35.2 Å². The summed E-state index contributed by atoms with van der Waals surface area (Å²) in [5.41, 5.74) is 1.44. The first-order chi connectivity index (χ1) is 27.0. The molecule has 0 saturated carbocycles. The maximum absolute atomic E-state index is 15.4. The fourth-order valence-corrected chi connectivity index (χ4v) is 9.23. The molecule has 5 saturated heterocycles. The van der Waals surface area contributed by atoms with Gasteiger partial charge in [-0.3, -0.25) is 19.4 Å². The van der Waals surface area contributed by atoms with Gasteiger partial charge in [0.1, 0.15) is 23.8 Å². The number of pyridine rings is 1. The number of aromatic nitrogens is 1. The van der Waals surface area contributed by atoms with E-state index in [9.17, 15) is 19.5 Å². The zero-order valence-electron chi connectivity index (χ0n) is 31.8. The van der Waals surface area contributed by atoms with Crippen LogP contribution in [0.4, 0.5) is 19.4 Å². The number of aromatic hydroxyl groups is 1. The Morgan fingerprint density at radius 2 is 1.77 bits per heavy atom. The second kappa shape index (κ2) is 15.4. The molecule has 15 heteroatoms. The standard InChI is InChI=1S/C41H49F2N9O4/c1-4-14-48-25-38(54)51-36(15-28-10-12-33(53)17-35(28)43)40(55)47(24-37(51)52(48)41(56)44-18-27-8-6-5-7-9-27)19-29-11-13-34(42)39(45-29)46-20-32(21-46)50-23-30-16-31(50)22-49(30)26(2)3/h4-13,17,26,30-32,36-37,53H,1,14-16,18-25H2,2-3H3,(H,44,56)/t30-,31?,36-,37?/m0/s1. The van der Waals surface area contributed by atoms with Crippen molar-refractivity contribution in [3.63, 3.8) is 0 Å². The van der Waals surface area contributed by atoms with Gasteiger partial charge in [0.25, 0.3) is 0 Å². The number of urea groups is 1. The number of carbonyl (C=O) groups excluding carboxylic acids is 3. The van der Waals surface area contributed by atoms with Crippen molar-refractivity contribution in [2.45, 2.75) is 76.2 Å². The number of piperazine rings is 2. The van der Waals surface area contributed by atoms with Gasteiger partial charge in [-0.25, -0.2) is 28.6 Å². The van der Waals surface area contributed by atoms with Gasteiger partial charge in [-0.1, -0.05) is 42.5 Å². The van der Waals surface area contributed by atoms with Crippen LogP contribution in [-0.4, -0.2) is 140 Å². The van der Waals surface area contributed by atoms with Crippen LogP contribution >= 0.6 is 0 Å². The average Bonchev–Trinajstić information content (AvgIpc) is 3.76. The third-order valence-electron chi connectivity index (χ3n) is 12.0. The van der Waals surface area contributed by atoms with Gasteiger partial charge < -0.3 is 25.1 Å². The molecule has 4 atom stereocenters. The second-order valence-corrected chi connectivity index (χ2v) is 15.8. The predicted octanol–water partition coefficient (Wildman–Crippen LogP) is 3.16. The minimum absolute atomic E-state index is 0.0294. The highest BCUT2D eigenvalue weighted by Crippen LogP contribution is 2.37. The van der Waals surface area contributed by atoms with Crippen LogP contribution < -0.4 is 10.2 Å². The molecule has 13 nitrogen and oxygen atoms in total. The van der Waals surface area contributed by atoms with Gasteiger partial charge in [-0.2, -0.15) is 0 Å². The number of nitrogens with zero attached hydrogens (tertiary/aromatic N) is 8. The van der Waals surface area contributed by atoms with E-state index in [0.717, 1.165) is 24.7 Å². The Morgan fingerprint density at radius 1 is 0.982 bits per heavy atom. The number of hydrogen-bond acceptors (Lipinski definition) is 9. The van der Waals surface area contributed by atoms with E-state index in [0.29, 0.717) is 43.0 Å². The molecule has 5 aliphatic heterocycles. The van der Waals surface area contributed by atoms with Gasteiger partial charge >= 0.3 is 6.03 Å². The number of anilines is 1. The first-order valence-electron chi connectivity index (χ1n) is 19.4. The SMILES string of the molecule is C=CCN1CC(=O)N2C(CN(Cc3ccc(F)c(N4CC(N5C[C@@H]6CC5CN6C(C)C)C4)n3)C(=O)[C@@H]2Cc2ccc(O)cc2F)N1C(=O)NCc1ccccc1. The molecule has 2 aromatic carbocycles. The highest BCUT2D eigenvalue weighted by molar-refractivity contribution is 5.91. The second-order valence-electron chi connectivity index (χ2n) is 15.8. The van der Waals surface area contributed by atoms with Crippen LogP contribution in [0.15, 0.2) is 73.3 Å². The summed E-state index contributed by atoms with van der Waals surface area (Å²) in [5, 5.41) is 15.9. The number of fused-ring (bicyclic) bond motifs is 3. The van der Waals surface area contributed by atoms with Gasteiger partial charge in [0.05, 0.1) is 25.3 Å². The number of rotatable bonds is 11. The van der Waals surface area contributed by atoms with Crippen molar-refractivity contribution in [3.05, 3.63) is 102 Å². The van der Waals surface area contributed by atoms with E-state index >= 15 is 8.78 Å². The van der Waals surface area contributed by atoms with E-state index < -0.39 is 41.7 Å². The monoisotopic (exact) mass is 769 g/mol. The molecule has 0 radical (unpaired) electrons. The summed E-state index contributed by atoms with van der Waals surface area (Å²) >= 11 is 0. The van der Waals surface area contributed by atoms with Gasteiger partial charge in [0.15, 0.2) is 11.6 Å². The van der Waals surface area contributed by atoms with Gasteiger partial charge in [0.2, 0.25) is 11.8 Å². The summed E-state index contributed by atoms with van der Waals surface area (Å²) in [7, 11) is 0. The van der Waals surface area contributed by atoms with Crippen molar-refractivity contribution in [2.75, 3.05) is 50.7 Å². The lowest BCUT2D eigenvalue weighted by molar-refractivity contribution is -0.189. The Hall–Kier alpha value is -5.12. The predicted molar refractivity (Wildman–Crippen MR) is 205 cm³/mol. The third kappa shape index (κ3) is 7.19. The van der Waals surface area contributed by atoms with Crippen LogP contribution in [0, 0.1) is 11.6 Å². The maximum Gasteiger partial charge on any atom is 0.334 e. The zero-order chi connectivity index (χ0) is 39.2. The minimum Gasteiger partial charge on any atom is -0.508 e. The molecule has 56 heavy (non-hydrogen) atoms. The number of nitrogens with one attached hydrogen (secondary N) is 1. The van der Waals surface area contributed by atoms with Crippen LogP contribution in [0.5, 0.6) is 5.75 Å². The summed E-state index contributed by atoms with van der Waals surface area (Å²) in [6.45, 7) is 11.8. The number of hydrazine groups is 1. The van der Waals surface area contributed by atoms with Crippen LogP contribution in [0.3, 0.4) is 0 Å². The van der Waals surface area contributed by atoms with Crippen LogP contribution in [0.2, 0.25) is 0 Å². The number of phenolic OH excluding ortho intramolecular Hbond substituents is 1. The largest absolute Gasteiger partial charge is 0.508 e. The quantitative estimate of drug-likeness (QED) is 0.284. The molecule has 2 unspecified atom stereocenters. The van der Waals surface area contributed by atoms with Crippen molar-refractivity contribution >= 4 is 23.7 Å². The van der Waals surface area contributed by atoms with E-state index in [2.05, 4.69) is 35.5 Å². The first kappa shape index (κ1) is 37.8. The Kier molecular flexibility index (Phi) is 10.4. The van der Waals surface area contributed by atoms with Crippen molar-refractivity contribution in [3.8, 4) is 5.75 Å². The van der Waals surface area contributed by atoms with E-state index in [1.165, 1.54) is 39.4 Å². The van der Waals surface area contributed by atoms with Gasteiger partial charge in [-0.05, 0) is 49.6 Å². The summed E-state index contributed by atoms with van der Waals surface area (Å²) in [4.78, 5) is 57.2. The minimum atomic E-state index is -1.19. The molecule has 6 heterocycles. The maximum atomic E-state index is 15.4. The van der Waals surface area contributed by atoms with Crippen molar-refractivity contribution in [1.29, 1.82) is 0 Å². The zero-order valence-corrected chi connectivity index (χ0v) is 31.8. The van der Waals surface area contributed by atoms with Crippen LogP contribution in [0.1, 0.15) is 37.1 Å². The van der Waals surface area contributed by atoms with Crippen molar-refractivity contribution < 1.29 is 28.3 Å². The van der Waals surface area contributed by atoms with Gasteiger partial charge in [-0.15, -0.1) is 6.58 Å². The Labute approximate surface area is 325 Å². The lowest BCUT2D eigenvalue weighted by atomic mass is 9.98. The molecule has 0 spiro atoms. The topological polar surface area (TPSA) is 119 Å². The number of hydrogen-bond donors (Lipinski definition) is 2. The molecule has 1 aromatic heterocycles. The summed E-state index contributed by atoms with van der Waals surface area (Å²) in [6.07, 6.45) is 1.60. The van der Waals surface area contributed by atoms with Crippen molar-refractivity contribution in [2.24, 2.45) is 0 Å². The van der Waals surface area contributed by atoms with Crippen LogP contribution in [-0.2, 0) is 29.1 Å². The van der Waals surface area contributed by atoms with Gasteiger partial charge in [0, 0.05) is 75.9 Å². The molecule has 2 bridgehead atoms. The third-order valence-corrected chi connectivity index (χ3v) is 12.0. The summed E-state index contributed by atoms with van der Waals surface area (Å²) in [5.74, 6) is -2.07. The molecule has 2 N–H and O–H groups in total. The number of halogens is 2. The van der Waals surface area contributed by atoms with Crippen LogP contribution in [0.25, 0.3) is 0 Å². The summed E-state index contributed by atoms with van der Waals surface area (Å²) in [6, 6.07) is 16.2. The number of carbonyl (C=O) groups is 3. The average molecular weight is 770 g/mol. The van der Waals surface area contributed by atoms with E-state index in [-0.39, 0.29) is 56.3 Å².